The van der Waals surface area contributed by atoms with Crippen molar-refractivity contribution in [1.82, 2.24) is 14.8 Å². The second-order valence-corrected chi connectivity index (χ2v) is 10.2. The number of rotatable bonds is 6. The lowest BCUT2D eigenvalue weighted by Crippen LogP contribution is -2.50. The van der Waals surface area contributed by atoms with Gasteiger partial charge in [-0.1, -0.05) is 6.42 Å². The highest BCUT2D eigenvalue weighted by Crippen LogP contribution is 2.34. The van der Waals surface area contributed by atoms with E-state index >= 15 is 0 Å². The summed E-state index contributed by atoms with van der Waals surface area (Å²) in [5, 5.41) is 0.958. The third kappa shape index (κ3) is 4.66. The number of benzene rings is 1. The third-order valence-electron chi connectivity index (χ3n) is 6.79. The average Bonchev–Trinajstić information content (AvgIpc) is 3.20. The third-order valence-corrected chi connectivity index (χ3v) is 7.99. The summed E-state index contributed by atoms with van der Waals surface area (Å²) in [7, 11) is 0. The number of nitrogens with zero attached hydrogens (tertiary/aromatic N) is 3. The highest BCUT2D eigenvalue weighted by Gasteiger charge is 2.35. The maximum atomic E-state index is 12.1. The minimum atomic E-state index is -0.592. The molecule has 1 aliphatic carbocycles. The van der Waals surface area contributed by atoms with Gasteiger partial charge in [-0.15, -0.1) is 11.3 Å². The summed E-state index contributed by atoms with van der Waals surface area (Å²) in [6.45, 7) is 3.55. The molecule has 170 valence electrons. The van der Waals surface area contributed by atoms with E-state index in [2.05, 4.69) is 17.0 Å². The normalized spacial score (nSPS) is 23.3. The van der Waals surface area contributed by atoms with Crippen molar-refractivity contribution in [1.29, 1.82) is 0 Å². The first-order chi connectivity index (χ1) is 15.5. The standard InChI is InChI=1S/C24H30N4O3S/c25-22(29)14-23(30)28-11-8-21-20(15-28)26-24(32-21)16-4-6-18(7-5-16)31-19-12-17(13-19)27-9-2-1-3-10-27/h4-7,17,19H,1-3,8-15H2,(H2,25,29). The highest BCUT2D eigenvalue weighted by molar-refractivity contribution is 7.15. The van der Waals surface area contributed by atoms with Crippen LogP contribution in [0.3, 0.4) is 0 Å². The molecule has 3 aliphatic rings. The second kappa shape index (κ2) is 9.19. The van der Waals surface area contributed by atoms with Crippen LogP contribution in [0.5, 0.6) is 5.75 Å². The maximum Gasteiger partial charge on any atom is 0.232 e. The van der Waals surface area contributed by atoms with E-state index < -0.39 is 5.91 Å². The Bertz CT molecular complexity index is 978. The Hall–Kier alpha value is -2.45. The highest BCUT2D eigenvalue weighted by atomic mass is 32.1. The first-order valence-electron chi connectivity index (χ1n) is 11.6. The number of hydrogen-bond acceptors (Lipinski definition) is 6. The molecule has 2 amide bonds. The van der Waals surface area contributed by atoms with Gasteiger partial charge < -0.3 is 20.3 Å². The van der Waals surface area contributed by atoms with E-state index in [0.29, 0.717) is 25.2 Å². The molecular weight excluding hydrogens is 424 g/mol. The predicted octanol–water partition coefficient (Wildman–Crippen LogP) is 2.97. The van der Waals surface area contributed by atoms with Crippen molar-refractivity contribution in [3.05, 3.63) is 34.8 Å². The largest absolute Gasteiger partial charge is 0.490 e. The Morgan fingerprint density at radius 3 is 2.56 bits per heavy atom. The summed E-state index contributed by atoms with van der Waals surface area (Å²) in [5.74, 6) is 0.101. The number of primary amides is 1. The lowest BCUT2D eigenvalue weighted by molar-refractivity contribution is -0.135. The number of likely N-dealkylation sites (tertiary alicyclic amines) is 1. The lowest BCUT2D eigenvalue weighted by Gasteiger charge is -2.44. The minimum absolute atomic E-state index is 0.224. The van der Waals surface area contributed by atoms with Crippen LogP contribution in [0, 0.1) is 0 Å². The van der Waals surface area contributed by atoms with Gasteiger partial charge in [-0.25, -0.2) is 4.98 Å². The summed E-state index contributed by atoms with van der Waals surface area (Å²) in [4.78, 5) is 33.5. The Morgan fingerprint density at radius 1 is 1.09 bits per heavy atom. The number of hydrogen-bond donors (Lipinski definition) is 1. The molecule has 0 spiro atoms. The minimum Gasteiger partial charge on any atom is -0.490 e. The van der Waals surface area contributed by atoms with Crippen molar-refractivity contribution in [3.8, 4) is 16.3 Å². The molecule has 0 radical (unpaired) electrons. The first-order valence-corrected chi connectivity index (χ1v) is 12.4. The van der Waals surface area contributed by atoms with E-state index in [1.165, 1.54) is 37.2 Å². The van der Waals surface area contributed by atoms with Gasteiger partial charge in [0.25, 0.3) is 0 Å². The molecule has 1 saturated heterocycles. The smallest absolute Gasteiger partial charge is 0.232 e. The molecule has 5 rings (SSSR count). The van der Waals surface area contributed by atoms with Gasteiger partial charge in [-0.2, -0.15) is 0 Å². The SMILES string of the molecule is NC(=O)CC(=O)N1CCc2sc(-c3ccc(OC4CC(N5CCCCC5)C4)cc3)nc2C1. The number of nitrogens with two attached hydrogens (primary N) is 1. The maximum absolute atomic E-state index is 12.1. The van der Waals surface area contributed by atoms with Gasteiger partial charge in [0.05, 0.1) is 12.2 Å². The van der Waals surface area contributed by atoms with Crippen molar-refractivity contribution in [2.24, 2.45) is 5.73 Å². The van der Waals surface area contributed by atoms with Crippen LogP contribution in [-0.2, 0) is 22.6 Å². The second-order valence-electron chi connectivity index (χ2n) is 9.08. The molecule has 1 aromatic heterocycles. The first kappa shape index (κ1) is 21.4. The monoisotopic (exact) mass is 454 g/mol. The Labute approximate surface area is 192 Å². The van der Waals surface area contributed by atoms with Crippen LogP contribution < -0.4 is 10.5 Å². The van der Waals surface area contributed by atoms with Crippen molar-refractivity contribution in [2.45, 2.75) is 63.6 Å². The van der Waals surface area contributed by atoms with Crippen molar-refractivity contribution in [3.63, 3.8) is 0 Å². The molecule has 7 nitrogen and oxygen atoms in total. The van der Waals surface area contributed by atoms with Crippen LogP contribution in [0.1, 0.15) is 49.1 Å². The molecule has 1 saturated carbocycles. The van der Waals surface area contributed by atoms with Gasteiger partial charge in [0.15, 0.2) is 0 Å². The van der Waals surface area contributed by atoms with Gasteiger partial charge in [0.1, 0.15) is 23.3 Å². The molecule has 3 heterocycles. The van der Waals surface area contributed by atoms with Crippen LogP contribution >= 0.6 is 11.3 Å². The van der Waals surface area contributed by atoms with Crippen LogP contribution in [0.15, 0.2) is 24.3 Å². The molecule has 1 aromatic carbocycles. The number of carbonyl (C=O) groups is 2. The molecular formula is C24H30N4O3S. The number of aromatic nitrogens is 1. The predicted molar refractivity (Wildman–Crippen MR) is 123 cm³/mol. The van der Waals surface area contributed by atoms with Gasteiger partial charge >= 0.3 is 0 Å². The number of carbonyl (C=O) groups excluding carboxylic acids is 2. The number of ether oxygens (including phenoxy) is 1. The summed E-state index contributed by atoms with van der Waals surface area (Å²) >= 11 is 1.68. The summed E-state index contributed by atoms with van der Waals surface area (Å²) in [6.07, 6.45) is 7.16. The van der Waals surface area contributed by atoms with E-state index in [9.17, 15) is 9.59 Å². The van der Waals surface area contributed by atoms with Gasteiger partial charge in [-0.3, -0.25) is 9.59 Å². The van der Waals surface area contributed by atoms with E-state index in [1.54, 1.807) is 16.2 Å². The van der Waals surface area contributed by atoms with Crippen LogP contribution in [0.4, 0.5) is 0 Å². The molecule has 2 aromatic rings. The summed E-state index contributed by atoms with van der Waals surface area (Å²) in [6, 6.07) is 8.90. The molecule has 0 bridgehead atoms. The van der Waals surface area contributed by atoms with Crippen LogP contribution in [0.2, 0.25) is 0 Å². The fourth-order valence-corrected chi connectivity index (χ4v) is 5.94. The molecule has 2 N–H and O–H groups in total. The van der Waals surface area contributed by atoms with E-state index in [-0.39, 0.29) is 12.3 Å². The van der Waals surface area contributed by atoms with Crippen molar-refractivity contribution in [2.75, 3.05) is 19.6 Å². The zero-order chi connectivity index (χ0) is 22.1. The van der Waals surface area contributed by atoms with Gasteiger partial charge in [-0.05, 0) is 50.2 Å². The topological polar surface area (TPSA) is 88.8 Å². The number of thiazole rings is 1. The molecule has 2 fully saturated rings. The number of piperidine rings is 1. The van der Waals surface area contributed by atoms with Gasteiger partial charge in [0.2, 0.25) is 11.8 Å². The summed E-state index contributed by atoms with van der Waals surface area (Å²) in [5.41, 5.74) is 7.14. The Kier molecular flexibility index (Phi) is 6.15. The Balaban J connectivity index is 1.16. The average molecular weight is 455 g/mol. The van der Waals surface area contributed by atoms with E-state index in [0.717, 1.165) is 41.3 Å². The fraction of sp³-hybridized carbons (Fsp3) is 0.542. The molecule has 0 unspecified atom stereocenters. The van der Waals surface area contributed by atoms with E-state index in [4.69, 9.17) is 15.5 Å². The molecule has 2 aliphatic heterocycles. The molecule has 32 heavy (non-hydrogen) atoms. The quantitative estimate of drug-likeness (QED) is 0.678. The molecule has 8 heteroatoms. The number of fused-ring (bicyclic) bond motifs is 1. The lowest BCUT2D eigenvalue weighted by atomic mass is 9.86. The van der Waals surface area contributed by atoms with Crippen molar-refractivity contribution >= 4 is 23.2 Å². The van der Waals surface area contributed by atoms with Crippen LogP contribution in [-0.4, -0.2) is 58.4 Å². The molecule has 0 atom stereocenters. The zero-order valence-electron chi connectivity index (χ0n) is 18.3. The summed E-state index contributed by atoms with van der Waals surface area (Å²) < 4.78 is 6.19. The van der Waals surface area contributed by atoms with E-state index in [1.807, 2.05) is 12.1 Å². The van der Waals surface area contributed by atoms with Crippen LogP contribution in [0.25, 0.3) is 10.6 Å². The number of amides is 2. The van der Waals surface area contributed by atoms with Gasteiger partial charge in [0, 0.05) is 42.3 Å². The zero-order valence-corrected chi connectivity index (χ0v) is 19.1. The van der Waals surface area contributed by atoms with Crippen molar-refractivity contribution < 1.29 is 14.3 Å². The Morgan fingerprint density at radius 2 is 1.84 bits per heavy atom. The fourth-order valence-electron chi connectivity index (χ4n) is 4.88.